The van der Waals surface area contributed by atoms with Crippen LogP contribution in [0.25, 0.3) is 0 Å². The van der Waals surface area contributed by atoms with Crippen molar-refractivity contribution in [3.8, 4) is 0 Å². The highest BCUT2D eigenvalue weighted by Crippen LogP contribution is 2.33. The first kappa shape index (κ1) is 11.5. The number of rotatable bonds is 1. The van der Waals surface area contributed by atoms with E-state index in [4.69, 9.17) is 11.6 Å². The molecule has 0 radical (unpaired) electrons. The van der Waals surface area contributed by atoms with E-state index in [1.54, 1.807) is 6.07 Å². The SMILES string of the molecule is CC1Cc2ccccc2N(c2ccc(Cl)nn2)C1. The summed E-state index contributed by atoms with van der Waals surface area (Å²) in [5.74, 6) is 1.47. The molecule has 3 rings (SSSR count). The molecule has 0 bridgehead atoms. The number of hydrogen-bond donors (Lipinski definition) is 0. The van der Waals surface area contributed by atoms with Gasteiger partial charge in [0, 0.05) is 12.2 Å². The lowest BCUT2D eigenvalue weighted by Gasteiger charge is -2.33. The number of para-hydroxylation sites is 1. The van der Waals surface area contributed by atoms with Gasteiger partial charge in [0.1, 0.15) is 0 Å². The average Bonchev–Trinajstić information content (AvgIpc) is 2.38. The molecule has 1 unspecified atom stereocenters. The van der Waals surface area contributed by atoms with Crippen LogP contribution >= 0.6 is 11.6 Å². The second-order valence-electron chi connectivity index (χ2n) is 4.76. The highest BCUT2D eigenvalue weighted by atomic mass is 35.5. The fourth-order valence-corrected chi connectivity index (χ4v) is 2.57. The van der Waals surface area contributed by atoms with Crippen molar-refractivity contribution in [2.75, 3.05) is 11.4 Å². The topological polar surface area (TPSA) is 29.0 Å². The Bertz CT molecular complexity index is 553. The van der Waals surface area contributed by atoms with Gasteiger partial charge in [-0.05, 0) is 36.1 Å². The van der Waals surface area contributed by atoms with E-state index in [0.717, 1.165) is 18.8 Å². The molecule has 1 aliphatic rings. The standard InChI is InChI=1S/C14H14ClN3/c1-10-8-11-4-2-3-5-12(11)18(9-10)14-7-6-13(15)16-17-14/h2-7,10H,8-9H2,1H3. The van der Waals surface area contributed by atoms with Crippen LogP contribution in [0.1, 0.15) is 12.5 Å². The van der Waals surface area contributed by atoms with E-state index >= 15 is 0 Å². The molecule has 3 nitrogen and oxygen atoms in total. The Labute approximate surface area is 111 Å². The van der Waals surface area contributed by atoms with Crippen LogP contribution in [-0.2, 0) is 6.42 Å². The largest absolute Gasteiger partial charge is 0.324 e. The monoisotopic (exact) mass is 259 g/mol. The molecular weight excluding hydrogens is 246 g/mol. The van der Waals surface area contributed by atoms with Crippen LogP contribution < -0.4 is 4.90 Å². The van der Waals surface area contributed by atoms with Crippen LogP contribution in [0.2, 0.25) is 5.15 Å². The molecule has 0 spiro atoms. The van der Waals surface area contributed by atoms with Crippen LogP contribution in [-0.4, -0.2) is 16.7 Å². The highest BCUT2D eigenvalue weighted by molar-refractivity contribution is 6.29. The molecule has 1 aromatic carbocycles. The molecular formula is C14H14ClN3. The predicted molar refractivity (Wildman–Crippen MR) is 73.4 cm³/mol. The molecule has 1 atom stereocenters. The summed E-state index contributed by atoms with van der Waals surface area (Å²) in [6.45, 7) is 3.22. The quantitative estimate of drug-likeness (QED) is 0.785. The Morgan fingerprint density at radius 3 is 2.78 bits per heavy atom. The van der Waals surface area contributed by atoms with Gasteiger partial charge >= 0.3 is 0 Å². The van der Waals surface area contributed by atoms with Gasteiger partial charge in [0.05, 0.1) is 0 Å². The summed E-state index contributed by atoms with van der Waals surface area (Å²) in [7, 11) is 0. The third-order valence-electron chi connectivity index (χ3n) is 3.24. The lowest BCUT2D eigenvalue weighted by Crippen LogP contribution is -2.31. The minimum atomic E-state index is 0.428. The van der Waals surface area contributed by atoms with Gasteiger partial charge in [0.15, 0.2) is 11.0 Å². The van der Waals surface area contributed by atoms with E-state index in [2.05, 4.69) is 46.3 Å². The average molecular weight is 260 g/mol. The maximum Gasteiger partial charge on any atom is 0.155 e. The van der Waals surface area contributed by atoms with E-state index < -0.39 is 0 Å². The van der Waals surface area contributed by atoms with Gasteiger partial charge in [-0.25, -0.2) is 0 Å². The summed E-state index contributed by atoms with van der Waals surface area (Å²) in [6, 6.07) is 12.2. The molecule has 0 amide bonds. The van der Waals surface area contributed by atoms with Crippen LogP contribution in [0.5, 0.6) is 0 Å². The highest BCUT2D eigenvalue weighted by Gasteiger charge is 2.23. The van der Waals surface area contributed by atoms with Gasteiger partial charge in [0.25, 0.3) is 0 Å². The number of fused-ring (bicyclic) bond motifs is 1. The molecule has 1 aliphatic heterocycles. The van der Waals surface area contributed by atoms with Gasteiger partial charge in [0.2, 0.25) is 0 Å². The van der Waals surface area contributed by atoms with E-state index in [1.165, 1.54) is 11.3 Å². The van der Waals surface area contributed by atoms with Crippen molar-refractivity contribution < 1.29 is 0 Å². The van der Waals surface area contributed by atoms with E-state index in [1.807, 2.05) is 6.07 Å². The number of aromatic nitrogens is 2. The van der Waals surface area contributed by atoms with Gasteiger partial charge in [-0.2, -0.15) is 0 Å². The Morgan fingerprint density at radius 1 is 1.17 bits per heavy atom. The molecule has 0 fully saturated rings. The molecule has 92 valence electrons. The predicted octanol–water partition coefficient (Wildman–Crippen LogP) is 3.46. The molecule has 2 aromatic rings. The zero-order valence-electron chi connectivity index (χ0n) is 10.2. The Kier molecular flexibility index (Phi) is 2.92. The van der Waals surface area contributed by atoms with Crippen LogP contribution in [0.3, 0.4) is 0 Å². The van der Waals surface area contributed by atoms with E-state index in [0.29, 0.717) is 11.1 Å². The fraction of sp³-hybridized carbons (Fsp3) is 0.286. The van der Waals surface area contributed by atoms with Crippen molar-refractivity contribution in [2.24, 2.45) is 5.92 Å². The van der Waals surface area contributed by atoms with Crippen molar-refractivity contribution in [3.05, 3.63) is 47.1 Å². The fourth-order valence-electron chi connectivity index (χ4n) is 2.47. The van der Waals surface area contributed by atoms with Crippen LogP contribution in [0, 0.1) is 5.92 Å². The first-order valence-electron chi connectivity index (χ1n) is 6.09. The number of hydrogen-bond acceptors (Lipinski definition) is 3. The maximum absolute atomic E-state index is 5.79. The third kappa shape index (κ3) is 2.06. The Morgan fingerprint density at radius 2 is 2.00 bits per heavy atom. The zero-order chi connectivity index (χ0) is 12.5. The molecule has 0 N–H and O–H groups in total. The summed E-state index contributed by atoms with van der Waals surface area (Å²) >= 11 is 5.79. The Hall–Kier alpha value is -1.61. The van der Waals surface area contributed by atoms with E-state index in [-0.39, 0.29) is 0 Å². The normalized spacial score (nSPS) is 18.6. The smallest absolute Gasteiger partial charge is 0.155 e. The summed E-state index contributed by atoms with van der Waals surface area (Å²) in [5, 5.41) is 8.53. The summed E-state index contributed by atoms with van der Waals surface area (Å²) in [5.41, 5.74) is 2.60. The molecule has 0 saturated heterocycles. The van der Waals surface area contributed by atoms with Crippen LogP contribution in [0.4, 0.5) is 11.5 Å². The second-order valence-corrected chi connectivity index (χ2v) is 5.15. The first-order chi connectivity index (χ1) is 8.74. The zero-order valence-corrected chi connectivity index (χ0v) is 10.9. The molecule has 2 heterocycles. The van der Waals surface area contributed by atoms with Crippen molar-refractivity contribution in [1.29, 1.82) is 0 Å². The number of halogens is 1. The molecule has 1 aromatic heterocycles. The van der Waals surface area contributed by atoms with Crippen molar-refractivity contribution >= 4 is 23.1 Å². The number of benzene rings is 1. The van der Waals surface area contributed by atoms with Gasteiger partial charge in [-0.15, -0.1) is 10.2 Å². The molecule has 18 heavy (non-hydrogen) atoms. The van der Waals surface area contributed by atoms with Gasteiger partial charge in [-0.3, -0.25) is 0 Å². The molecule has 4 heteroatoms. The van der Waals surface area contributed by atoms with E-state index in [9.17, 15) is 0 Å². The lowest BCUT2D eigenvalue weighted by atomic mass is 9.94. The minimum Gasteiger partial charge on any atom is -0.324 e. The lowest BCUT2D eigenvalue weighted by molar-refractivity contribution is 0.559. The molecule has 0 aliphatic carbocycles. The summed E-state index contributed by atoms with van der Waals surface area (Å²) < 4.78 is 0. The first-order valence-corrected chi connectivity index (χ1v) is 6.46. The summed E-state index contributed by atoms with van der Waals surface area (Å²) in [4.78, 5) is 2.22. The Balaban J connectivity index is 2.04. The molecule has 0 saturated carbocycles. The van der Waals surface area contributed by atoms with Crippen molar-refractivity contribution in [1.82, 2.24) is 10.2 Å². The number of nitrogens with zero attached hydrogens (tertiary/aromatic N) is 3. The summed E-state index contributed by atoms with van der Waals surface area (Å²) in [6.07, 6.45) is 1.12. The van der Waals surface area contributed by atoms with Crippen LogP contribution in [0.15, 0.2) is 36.4 Å². The van der Waals surface area contributed by atoms with Crippen molar-refractivity contribution in [2.45, 2.75) is 13.3 Å². The minimum absolute atomic E-state index is 0.428. The maximum atomic E-state index is 5.79. The third-order valence-corrected chi connectivity index (χ3v) is 3.44. The second kappa shape index (κ2) is 4.58. The number of anilines is 2. The van der Waals surface area contributed by atoms with Crippen molar-refractivity contribution in [3.63, 3.8) is 0 Å². The van der Waals surface area contributed by atoms with Gasteiger partial charge in [-0.1, -0.05) is 36.7 Å². The van der Waals surface area contributed by atoms with Gasteiger partial charge < -0.3 is 4.90 Å².